The number of rotatable bonds is 20. The lowest BCUT2D eigenvalue weighted by atomic mass is 10.2. The van der Waals surface area contributed by atoms with Crippen LogP contribution in [0.25, 0.3) is 0 Å². The monoisotopic (exact) mass is 975 g/mol. The lowest BCUT2D eigenvalue weighted by Gasteiger charge is -2.34. The molecule has 0 bridgehead atoms. The third-order valence-corrected chi connectivity index (χ3v) is 9.64. The Balaban J connectivity index is 0.00000112. The first-order valence-corrected chi connectivity index (χ1v) is 24.3. The van der Waals surface area contributed by atoms with Gasteiger partial charge in [-0.2, -0.15) is 0 Å². The van der Waals surface area contributed by atoms with E-state index < -0.39 is 5.97 Å². The minimum atomic E-state index is -1.10. The van der Waals surface area contributed by atoms with E-state index >= 15 is 0 Å². The van der Waals surface area contributed by atoms with E-state index in [1.807, 2.05) is 25.7 Å². The SMILES string of the molecule is CC(=O)/C=C/C(=O)N1CCNCC1.CC(=O)/C=C/C(=O)O.CC(C)(C)OC(=O)N1CCNCC1.CCC/C=C\C=C/C/C=C\C/C=C\C/C=C\C/C=C\CCC(=O)N1CCN(C(=O)/C=C/C(C)=O)CC1. The Morgan fingerprint density at radius 2 is 0.871 bits per heavy atom. The number of carboxylic acid groups (broad SMARTS) is 1. The molecule has 0 aromatic rings. The second-order valence-electron chi connectivity index (χ2n) is 17.2. The van der Waals surface area contributed by atoms with Crippen LogP contribution in [-0.4, -0.2) is 156 Å². The van der Waals surface area contributed by atoms with Crippen LogP contribution in [0.5, 0.6) is 0 Å². The van der Waals surface area contributed by atoms with Crippen molar-refractivity contribution in [3.63, 3.8) is 0 Å². The maximum atomic E-state index is 12.4. The molecule has 16 heteroatoms. The van der Waals surface area contributed by atoms with Crippen LogP contribution in [0.15, 0.2) is 109 Å². The predicted octanol–water partition coefficient (Wildman–Crippen LogP) is 6.89. The number of aliphatic carboxylic acids is 1. The zero-order chi connectivity index (χ0) is 52.4. The molecule has 0 aliphatic carbocycles. The molecule has 0 saturated carbocycles. The summed E-state index contributed by atoms with van der Waals surface area (Å²) in [5, 5.41) is 14.3. The minimum Gasteiger partial charge on any atom is -0.478 e. The van der Waals surface area contributed by atoms with Gasteiger partial charge in [-0.15, -0.1) is 0 Å². The molecule has 0 atom stereocenters. The maximum Gasteiger partial charge on any atom is 0.410 e. The summed E-state index contributed by atoms with van der Waals surface area (Å²) in [5.74, 6) is -1.71. The molecule has 0 radical (unpaired) electrons. The number of carbonyl (C=O) groups is 8. The quantitative estimate of drug-likeness (QED) is 0.0649. The summed E-state index contributed by atoms with van der Waals surface area (Å²) in [5.41, 5.74) is -0.387. The van der Waals surface area contributed by atoms with Gasteiger partial charge in [0.15, 0.2) is 17.3 Å². The minimum absolute atomic E-state index is 0.0725. The number of amides is 4. The molecule has 3 aliphatic heterocycles. The Morgan fingerprint density at radius 3 is 1.29 bits per heavy atom. The van der Waals surface area contributed by atoms with E-state index in [-0.39, 0.29) is 46.8 Å². The van der Waals surface area contributed by atoms with Gasteiger partial charge in [0.05, 0.1) is 0 Å². The van der Waals surface area contributed by atoms with E-state index in [0.717, 1.165) is 103 Å². The number of carboxylic acids is 1. The predicted molar refractivity (Wildman–Crippen MR) is 278 cm³/mol. The molecular weight excluding hydrogens is 893 g/mol. The van der Waals surface area contributed by atoms with Crippen molar-refractivity contribution in [2.75, 3.05) is 78.5 Å². The van der Waals surface area contributed by atoms with Crippen molar-refractivity contribution in [3.8, 4) is 0 Å². The van der Waals surface area contributed by atoms with Crippen LogP contribution >= 0.6 is 0 Å². The Hall–Kier alpha value is -6.26. The highest BCUT2D eigenvalue weighted by molar-refractivity contribution is 5.97. The van der Waals surface area contributed by atoms with Gasteiger partial charge in [0.2, 0.25) is 17.7 Å². The first kappa shape index (κ1) is 63.7. The standard InChI is InChI=1S/C31H44N2O3.C9H18N2O2.C9H14N2O2.C5H6O3/c1-3-4-5-6-7-8-9-10-11-12-13-14-15-16-17-18-19-20-21-22-30(35)32-25-27-33(28-26-32)31(36)24-23-29(2)34;1-9(2,3)13-8(12)11-6-4-10-5-7-11;1-8(12)2-3-9(13)11-6-4-10-5-7-11;1-4(6)2-3-5(7)8/h5-8,10-11,13-14,16-17,19-20,23-24H,3-4,9,12,15,18,21-22,25-28H2,1-2H3;10H,4-7H2,1-3H3;2-3,10H,4-7H2,1H3;2-3H,1H3,(H,7,8)/b6-5-,8-7-,11-10-,14-13-,17-16-,20-19-,24-23+;;2*3-2+. The Bertz CT molecular complexity index is 1850. The molecule has 0 spiro atoms. The summed E-state index contributed by atoms with van der Waals surface area (Å²) in [7, 11) is 0. The Labute approximate surface area is 417 Å². The number of ether oxygens (including phenoxy) is 1. The van der Waals surface area contributed by atoms with E-state index in [9.17, 15) is 38.4 Å². The van der Waals surface area contributed by atoms with Gasteiger partial charge in [-0.05, 0) is 98.3 Å². The van der Waals surface area contributed by atoms with Crippen molar-refractivity contribution in [1.82, 2.24) is 30.2 Å². The molecule has 3 saturated heterocycles. The number of ketones is 3. The summed E-state index contributed by atoms with van der Waals surface area (Å²) < 4.78 is 5.24. The summed E-state index contributed by atoms with van der Waals surface area (Å²) in [6, 6.07) is 0. The summed E-state index contributed by atoms with van der Waals surface area (Å²) in [6.07, 6.45) is 39.9. The lowest BCUT2D eigenvalue weighted by molar-refractivity contribution is -0.137. The first-order chi connectivity index (χ1) is 33.4. The van der Waals surface area contributed by atoms with Crippen LogP contribution < -0.4 is 10.6 Å². The fourth-order valence-electron chi connectivity index (χ4n) is 5.98. The number of hydrogen-bond acceptors (Lipinski definition) is 11. The van der Waals surface area contributed by atoms with Crippen molar-refractivity contribution >= 4 is 47.1 Å². The summed E-state index contributed by atoms with van der Waals surface area (Å²) >= 11 is 0. The molecule has 0 aromatic carbocycles. The number of nitrogens with one attached hydrogen (secondary N) is 2. The number of unbranched alkanes of at least 4 members (excludes halogenated alkanes) is 1. The number of carbonyl (C=O) groups excluding carboxylic acids is 7. The van der Waals surface area contributed by atoms with Crippen LogP contribution in [0.2, 0.25) is 0 Å². The van der Waals surface area contributed by atoms with Crippen LogP contribution in [0.3, 0.4) is 0 Å². The van der Waals surface area contributed by atoms with Crippen LogP contribution in [0, 0.1) is 0 Å². The smallest absolute Gasteiger partial charge is 0.410 e. The number of nitrogens with zero attached hydrogens (tertiary/aromatic N) is 4. The van der Waals surface area contributed by atoms with Gasteiger partial charge in [0, 0.05) is 103 Å². The topological polar surface area (TPSA) is 203 Å². The molecule has 0 unspecified atom stereocenters. The molecule has 16 nitrogen and oxygen atoms in total. The largest absolute Gasteiger partial charge is 0.478 e. The molecule has 0 aromatic heterocycles. The van der Waals surface area contributed by atoms with Gasteiger partial charge in [-0.25, -0.2) is 9.59 Å². The van der Waals surface area contributed by atoms with Gasteiger partial charge in [-0.3, -0.25) is 28.8 Å². The van der Waals surface area contributed by atoms with E-state index in [1.54, 1.807) is 14.7 Å². The lowest BCUT2D eigenvalue weighted by Crippen LogP contribution is -2.50. The average Bonchev–Trinajstić information content (AvgIpc) is 3.33. The highest BCUT2D eigenvalue weighted by Gasteiger charge is 2.24. The molecule has 3 rings (SSSR count). The Morgan fingerprint density at radius 1 is 0.486 bits per heavy atom. The molecule has 4 amide bonds. The molecule has 3 aliphatic rings. The van der Waals surface area contributed by atoms with Crippen molar-refractivity contribution < 1.29 is 48.2 Å². The van der Waals surface area contributed by atoms with Crippen LogP contribution in [0.1, 0.15) is 99.8 Å². The van der Waals surface area contributed by atoms with Crippen LogP contribution in [-0.2, 0) is 38.3 Å². The van der Waals surface area contributed by atoms with Crippen molar-refractivity contribution in [2.45, 2.75) is 105 Å². The number of hydrogen-bond donors (Lipinski definition) is 3. The van der Waals surface area contributed by atoms with E-state index in [0.29, 0.717) is 32.6 Å². The summed E-state index contributed by atoms with van der Waals surface area (Å²) in [6.45, 7) is 20.4. The normalized spacial score (nSPS) is 15.8. The molecule has 3 heterocycles. The third kappa shape index (κ3) is 38.7. The highest BCUT2D eigenvalue weighted by atomic mass is 16.6. The number of allylic oxidation sites excluding steroid dienone is 15. The van der Waals surface area contributed by atoms with Gasteiger partial charge in [0.25, 0.3) is 0 Å². The first-order valence-electron chi connectivity index (χ1n) is 24.3. The summed E-state index contributed by atoms with van der Waals surface area (Å²) in [4.78, 5) is 95.4. The third-order valence-electron chi connectivity index (χ3n) is 9.64. The fraction of sp³-hybridized carbons (Fsp3) is 0.519. The van der Waals surface area contributed by atoms with Crippen LogP contribution in [0.4, 0.5) is 4.79 Å². The fourth-order valence-corrected chi connectivity index (χ4v) is 5.98. The highest BCUT2D eigenvalue weighted by Crippen LogP contribution is 2.10. The zero-order valence-corrected chi connectivity index (χ0v) is 42.9. The maximum absolute atomic E-state index is 12.4. The second kappa shape index (κ2) is 40.6. The van der Waals surface area contributed by atoms with E-state index in [2.05, 4.69) is 90.5 Å². The van der Waals surface area contributed by atoms with Crippen molar-refractivity contribution in [3.05, 3.63) is 109 Å². The van der Waals surface area contributed by atoms with E-state index in [1.165, 1.54) is 51.5 Å². The average molecular weight is 975 g/mol. The van der Waals surface area contributed by atoms with Gasteiger partial charge >= 0.3 is 12.1 Å². The molecule has 3 fully saturated rings. The van der Waals surface area contributed by atoms with Gasteiger partial charge < -0.3 is 40.1 Å². The Kier molecular flexibility index (Phi) is 37.0. The van der Waals surface area contributed by atoms with Crippen molar-refractivity contribution in [2.24, 2.45) is 0 Å². The number of piperazine rings is 3. The zero-order valence-electron chi connectivity index (χ0n) is 42.9. The second-order valence-corrected chi connectivity index (χ2v) is 17.2. The molecule has 3 N–H and O–H groups in total. The molecule has 388 valence electrons. The van der Waals surface area contributed by atoms with Gasteiger partial charge in [0.1, 0.15) is 5.60 Å². The molecular formula is C54H82N6O10. The molecule has 70 heavy (non-hydrogen) atoms. The van der Waals surface area contributed by atoms with Gasteiger partial charge in [-0.1, -0.05) is 86.3 Å². The van der Waals surface area contributed by atoms with E-state index in [4.69, 9.17) is 9.84 Å². The van der Waals surface area contributed by atoms with Crippen molar-refractivity contribution in [1.29, 1.82) is 0 Å².